The van der Waals surface area contributed by atoms with E-state index in [-0.39, 0.29) is 6.03 Å². The third-order valence-corrected chi connectivity index (χ3v) is 3.60. The lowest BCUT2D eigenvalue weighted by molar-refractivity contribution is 0.162. The Morgan fingerprint density at radius 1 is 1.16 bits per heavy atom. The van der Waals surface area contributed by atoms with Crippen molar-refractivity contribution in [2.45, 2.75) is 32.2 Å². The molecule has 0 aliphatic carbocycles. The van der Waals surface area contributed by atoms with Crippen LogP contribution in [0, 0.1) is 0 Å². The first-order valence-electron chi connectivity index (χ1n) is 7.01. The van der Waals surface area contributed by atoms with E-state index in [9.17, 15) is 4.79 Å². The molecular weight excluding hydrogens is 238 g/mol. The van der Waals surface area contributed by atoms with Gasteiger partial charge < -0.3 is 15.5 Å². The SMILES string of the molecule is CN(Cc1ccc(N)cc1)C(=O)N1CCCCCC1. The van der Waals surface area contributed by atoms with Crippen LogP contribution in [-0.2, 0) is 6.54 Å². The van der Waals surface area contributed by atoms with Crippen molar-refractivity contribution in [1.29, 1.82) is 0 Å². The largest absolute Gasteiger partial charge is 0.399 e. The van der Waals surface area contributed by atoms with Gasteiger partial charge in [0.25, 0.3) is 0 Å². The molecule has 1 saturated heterocycles. The summed E-state index contributed by atoms with van der Waals surface area (Å²) in [4.78, 5) is 16.1. The van der Waals surface area contributed by atoms with E-state index in [1.165, 1.54) is 12.8 Å². The lowest BCUT2D eigenvalue weighted by atomic mass is 10.2. The molecule has 2 rings (SSSR count). The van der Waals surface area contributed by atoms with Crippen LogP contribution in [-0.4, -0.2) is 36.0 Å². The van der Waals surface area contributed by atoms with Gasteiger partial charge >= 0.3 is 6.03 Å². The Hall–Kier alpha value is -1.71. The second-order valence-corrected chi connectivity index (χ2v) is 5.28. The number of amides is 2. The van der Waals surface area contributed by atoms with Crippen molar-refractivity contribution in [1.82, 2.24) is 9.80 Å². The summed E-state index contributed by atoms with van der Waals surface area (Å²) in [7, 11) is 1.86. The van der Waals surface area contributed by atoms with Crippen molar-refractivity contribution in [2.24, 2.45) is 0 Å². The van der Waals surface area contributed by atoms with Crippen LogP contribution in [0.5, 0.6) is 0 Å². The average molecular weight is 261 g/mol. The van der Waals surface area contributed by atoms with Crippen LogP contribution in [0.3, 0.4) is 0 Å². The van der Waals surface area contributed by atoms with Gasteiger partial charge in [0.1, 0.15) is 0 Å². The third-order valence-electron chi connectivity index (χ3n) is 3.60. The number of likely N-dealkylation sites (tertiary alicyclic amines) is 1. The molecule has 1 aromatic carbocycles. The van der Waals surface area contributed by atoms with Crippen molar-refractivity contribution in [3.05, 3.63) is 29.8 Å². The summed E-state index contributed by atoms with van der Waals surface area (Å²) in [5, 5.41) is 0. The molecule has 4 nitrogen and oxygen atoms in total. The summed E-state index contributed by atoms with van der Waals surface area (Å²) in [6.07, 6.45) is 4.74. The van der Waals surface area contributed by atoms with E-state index in [1.54, 1.807) is 4.90 Å². The standard InChI is InChI=1S/C15H23N3O/c1-17(12-13-6-8-14(16)9-7-13)15(19)18-10-4-2-3-5-11-18/h6-9H,2-5,10-12,16H2,1H3. The van der Waals surface area contributed by atoms with E-state index < -0.39 is 0 Å². The number of carbonyl (C=O) groups is 1. The second-order valence-electron chi connectivity index (χ2n) is 5.28. The summed E-state index contributed by atoms with van der Waals surface area (Å²) in [6, 6.07) is 7.83. The molecule has 2 N–H and O–H groups in total. The minimum absolute atomic E-state index is 0.138. The summed E-state index contributed by atoms with van der Waals surface area (Å²) >= 11 is 0. The van der Waals surface area contributed by atoms with Gasteiger partial charge in [0.2, 0.25) is 0 Å². The highest BCUT2D eigenvalue weighted by Gasteiger charge is 2.18. The molecule has 19 heavy (non-hydrogen) atoms. The van der Waals surface area contributed by atoms with Gasteiger partial charge in [-0.15, -0.1) is 0 Å². The van der Waals surface area contributed by atoms with E-state index in [2.05, 4.69) is 0 Å². The number of benzene rings is 1. The van der Waals surface area contributed by atoms with Crippen LogP contribution >= 0.6 is 0 Å². The van der Waals surface area contributed by atoms with Gasteiger partial charge in [0.05, 0.1) is 0 Å². The summed E-state index contributed by atoms with van der Waals surface area (Å²) in [6.45, 7) is 2.42. The molecule has 0 aromatic heterocycles. The van der Waals surface area contributed by atoms with Crippen molar-refractivity contribution >= 4 is 11.7 Å². The predicted molar refractivity (Wildman–Crippen MR) is 77.8 cm³/mol. The van der Waals surface area contributed by atoms with E-state index in [4.69, 9.17) is 5.73 Å². The first-order chi connectivity index (χ1) is 9.16. The molecule has 0 radical (unpaired) electrons. The lowest BCUT2D eigenvalue weighted by Gasteiger charge is -2.27. The fraction of sp³-hybridized carbons (Fsp3) is 0.533. The summed E-state index contributed by atoms with van der Waals surface area (Å²) in [5.74, 6) is 0. The fourth-order valence-corrected chi connectivity index (χ4v) is 2.47. The number of hydrogen-bond acceptors (Lipinski definition) is 2. The lowest BCUT2D eigenvalue weighted by Crippen LogP contribution is -2.41. The van der Waals surface area contributed by atoms with Crippen molar-refractivity contribution in [3.8, 4) is 0 Å². The Bertz CT molecular complexity index is 408. The average Bonchev–Trinajstić information content (AvgIpc) is 2.69. The van der Waals surface area contributed by atoms with Gasteiger partial charge in [0, 0.05) is 32.4 Å². The molecule has 1 aliphatic heterocycles. The first kappa shape index (κ1) is 13.7. The number of nitrogen functional groups attached to an aromatic ring is 1. The number of nitrogens with zero attached hydrogens (tertiary/aromatic N) is 2. The van der Waals surface area contributed by atoms with Crippen LogP contribution in [0.4, 0.5) is 10.5 Å². The Kier molecular flexibility index (Phi) is 4.66. The van der Waals surface area contributed by atoms with E-state index in [0.717, 1.165) is 37.2 Å². The van der Waals surface area contributed by atoms with Gasteiger partial charge in [-0.3, -0.25) is 0 Å². The van der Waals surface area contributed by atoms with Crippen LogP contribution in [0.15, 0.2) is 24.3 Å². The highest BCUT2D eigenvalue weighted by atomic mass is 16.2. The Morgan fingerprint density at radius 3 is 2.32 bits per heavy atom. The highest BCUT2D eigenvalue weighted by Crippen LogP contribution is 2.13. The Morgan fingerprint density at radius 2 is 1.74 bits per heavy atom. The molecule has 4 heteroatoms. The van der Waals surface area contributed by atoms with Crippen LogP contribution in [0.2, 0.25) is 0 Å². The molecule has 0 unspecified atom stereocenters. The quantitative estimate of drug-likeness (QED) is 0.832. The van der Waals surface area contributed by atoms with Crippen LogP contribution in [0.25, 0.3) is 0 Å². The van der Waals surface area contributed by atoms with Crippen LogP contribution < -0.4 is 5.73 Å². The minimum atomic E-state index is 0.138. The zero-order valence-corrected chi connectivity index (χ0v) is 11.6. The molecule has 0 saturated carbocycles. The van der Waals surface area contributed by atoms with E-state index in [0.29, 0.717) is 6.54 Å². The maximum Gasteiger partial charge on any atom is 0.320 e. The third kappa shape index (κ3) is 3.88. The topological polar surface area (TPSA) is 49.6 Å². The molecule has 1 fully saturated rings. The number of nitrogens with two attached hydrogens (primary N) is 1. The zero-order chi connectivity index (χ0) is 13.7. The number of rotatable bonds is 2. The Balaban J connectivity index is 1.92. The molecule has 1 heterocycles. The molecule has 1 aliphatic rings. The number of carbonyl (C=O) groups excluding carboxylic acids is 1. The molecule has 1 aromatic rings. The molecule has 0 spiro atoms. The zero-order valence-electron chi connectivity index (χ0n) is 11.6. The second kappa shape index (κ2) is 6.45. The summed E-state index contributed by atoms with van der Waals surface area (Å²) in [5.41, 5.74) is 7.53. The maximum absolute atomic E-state index is 12.3. The van der Waals surface area contributed by atoms with Crippen LogP contribution in [0.1, 0.15) is 31.2 Å². The Labute approximate surface area is 115 Å². The van der Waals surface area contributed by atoms with Crippen molar-refractivity contribution < 1.29 is 4.79 Å². The van der Waals surface area contributed by atoms with E-state index >= 15 is 0 Å². The first-order valence-corrected chi connectivity index (χ1v) is 7.01. The molecule has 0 bridgehead atoms. The van der Waals surface area contributed by atoms with E-state index in [1.807, 2.05) is 36.2 Å². The predicted octanol–water partition coefficient (Wildman–Crippen LogP) is 2.70. The maximum atomic E-state index is 12.3. The van der Waals surface area contributed by atoms with Gasteiger partial charge in [0.15, 0.2) is 0 Å². The molecule has 104 valence electrons. The van der Waals surface area contributed by atoms with Gasteiger partial charge in [-0.05, 0) is 30.5 Å². The van der Waals surface area contributed by atoms with Gasteiger partial charge in [-0.1, -0.05) is 25.0 Å². The minimum Gasteiger partial charge on any atom is -0.399 e. The van der Waals surface area contributed by atoms with Gasteiger partial charge in [-0.25, -0.2) is 4.79 Å². The highest BCUT2D eigenvalue weighted by molar-refractivity contribution is 5.74. The fourth-order valence-electron chi connectivity index (χ4n) is 2.47. The van der Waals surface area contributed by atoms with Gasteiger partial charge in [-0.2, -0.15) is 0 Å². The van der Waals surface area contributed by atoms with Crippen molar-refractivity contribution in [2.75, 3.05) is 25.9 Å². The number of urea groups is 1. The van der Waals surface area contributed by atoms with Crippen molar-refractivity contribution in [3.63, 3.8) is 0 Å². The smallest absolute Gasteiger partial charge is 0.320 e. The normalized spacial score (nSPS) is 15.9. The number of anilines is 1. The number of hydrogen-bond donors (Lipinski definition) is 1. The monoisotopic (exact) mass is 261 g/mol. The molecular formula is C15H23N3O. The molecule has 0 atom stereocenters. The molecule has 2 amide bonds. The summed E-state index contributed by atoms with van der Waals surface area (Å²) < 4.78 is 0.